The molecule has 2 atom stereocenters. The molecule has 90 valence electrons. The van der Waals surface area contributed by atoms with Crippen molar-refractivity contribution in [3.05, 3.63) is 23.4 Å². The summed E-state index contributed by atoms with van der Waals surface area (Å²) in [5.41, 5.74) is 0.913. The van der Waals surface area contributed by atoms with E-state index in [1.807, 2.05) is 6.07 Å². The molecule has 1 saturated heterocycles. The van der Waals surface area contributed by atoms with E-state index in [1.54, 1.807) is 13.0 Å². The number of piperidine rings is 1. The molecule has 4 heteroatoms. The number of rotatable bonds is 2. The van der Waals surface area contributed by atoms with Crippen molar-refractivity contribution in [3.8, 4) is 0 Å². The fourth-order valence-corrected chi connectivity index (χ4v) is 3.14. The molecule has 2 aliphatic rings. The first-order valence-corrected chi connectivity index (χ1v) is 6.12. The van der Waals surface area contributed by atoms with Crippen molar-refractivity contribution in [1.29, 1.82) is 0 Å². The van der Waals surface area contributed by atoms with Gasteiger partial charge in [-0.15, -0.1) is 0 Å². The van der Waals surface area contributed by atoms with Gasteiger partial charge in [-0.05, 0) is 44.2 Å². The Balaban J connectivity index is 1.89. The number of anilines is 1. The van der Waals surface area contributed by atoms with Gasteiger partial charge in [0.2, 0.25) is 0 Å². The first-order chi connectivity index (χ1) is 8.15. The van der Waals surface area contributed by atoms with Crippen LogP contribution in [0.2, 0.25) is 0 Å². The summed E-state index contributed by atoms with van der Waals surface area (Å²) in [7, 11) is 0. The van der Waals surface area contributed by atoms with Crippen LogP contribution >= 0.6 is 0 Å². The van der Waals surface area contributed by atoms with E-state index in [0.717, 1.165) is 18.3 Å². The lowest BCUT2D eigenvalue weighted by Crippen LogP contribution is -2.32. The molecule has 0 radical (unpaired) electrons. The monoisotopic (exact) mass is 232 g/mol. The predicted molar refractivity (Wildman–Crippen MR) is 64.4 cm³/mol. The van der Waals surface area contributed by atoms with Gasteiger partial charge in [-0.1, -0.05) is 0 Å². The Bertz CT molecular complexity index is 472. The van der Waals surface area contributed by atoms with Crippen LogP contribution in [-0.2, 0) is 0 Å². The fraction of sp³-hybridized carbons (Fsp3) is 0.538. The molecule has 3 rings (SSSR count). The van der Waals surface area contributed by atoms with Crippen LogP contribution in [0.5, 0.6) is 0 Å². The molecule has 0 amide bonds. The van der Waals surface area contributed by atoms with Crippen molar-refractivity contribution in [1.82, 2.24) is 4.98 Å². The summed E-state index contributed by atoms with van der Waals surface area (Å²) in [4.78, 5) is 17.7. The molecule has 1 aliphatic carbocycles. The Morgan fingerprint density at radius 3 is 2.82 bits per heavy atom. The number of hydrogen-bond acceptors (Lipinski definition) is 3. The Hall–Kier alpha value is -1.58. The molecule has 1 aromatic rings. The van der Waals surface area contributed by atoms with Crippen molar-refractivity contribution in [2.45, 2.75) is 32.2 Å². The summed E-state index contributed by atoms with van der Waals surface area (Å²) >= 11 is 0. The minimum Gasteiger partial charge on any atom is -0.478 e. The predicted octanol–water partition coefficient (Wildman–Crippen LogP) is 2.08. The average Bonchev–Trinajstić information content (AvgIpc) is 2.89. The zero-order valence-electron chi connectivity index (χ0n) is 9.89. The second-order valence-corrected chi connectivity index (χ2v) is 5.09. The Kier molecular flexibility index (Phi) is 2.31. The number of pyridine rings is 1. The molecule has 2 unspecified atom stereocenters. The van der Waals surface area contributed by atoms with Gasteiger partial charge < -0.3 is 10.0 Å². The van der Waals surface area contributed by atoms with Crippen LogP contribution in [0.4, 0.5) is 5.82 Å². The van der Waals surface area contributed by atoms with E-state index in [2.05, 4.69) is 9.88 Å². The second-order valence-electron chi connectivity index (χ2n) is 5.09. The number of aryl methyl sites for hydroxylation is 1. The SMILES string of the molecule is Cc1nc(N2CC3CCC2C3)ccc1C(=O)O. The van der Waals surface area contributed by atoms with Gasteiger partial charge >= 0.3 is 5.97 Å². The van der Waals surface area contributed by atoms with Gasteiger partial charge in [0, 0.05) is 12.6 Å². The van der Waals surface area contributed by atoms with E-state index >= 15 is 0 Å². The van der Waals surface area contributed by atoms with E-state index in [-0.39, 0.29) is 0 Å². The van der Waals surface area contributed by atoms with Crippen molar-refractivity contribution in [2.24, 2.45) is 5.92 Å². The summed E-state index contributed by atoms with van der Waals surface area (Å²) in [6.07, 6.45) is 3.88. The third kappa shape index (κ3) is 1.68. The molecule has 2 heterocycles. The summed E-state index contributed by atoms with van der Waals surface area (Å²) in [6.45, 7) is 2.85. The van der Waals surface area contributed by atoms with Crippen molar-refractivity contribution in [2.75, 3.05) is 11.4 Å². The van der Waals surface area contributed by atoms with E-state index < -0.39 is 5.97 Å². The zero-order chi connectivity index (χ0) is 12.0. The molecule has 2 fully saturated rings. The van der Waals surface area contributed by atoms with E-state index in [0.29, 0.717) is 17.3 Å². The standard InChI is InChI=1S/C13H16N2O2/c1-8-11(13(16)17)4-5-12(14-8)15-7-9-2-3-10(15)6-9/h4-5,9-10H,2-3,6-7H2,1H3,(H,16,17). The maximum absolute atomic E-state index is 10.9. The smallest absolute Gasteiger partial charge is 0.337 e. The first kappa shape index (κ1) is 10.6. The van der Waals surface area contributed by atoms with E-state index in [9.17, 15) is 4.79 Å². The quantitative estimate of drug-likeness (QED) is 0.848. The fourth-order valence-electron chi connectivity index (χ4n) is 3.14. The molecular formula is C13H16N2O2. The lowest BCUT2D eigenvalue weighted by Gasteiger charge is -2.28. The van der Waals surface area contributed by atoms with Gasteiger partial charge in [0.25, 0.3) is 0 Å². The molecule has 0 aromatic carbocycles. The largest absolute Gasteiger partial charge is 0.478 e. The van der Waals surface area contributed by atoms with Crippen molar-refractivity contribution >= 4 is 11.8 Å². The number of hydrogen-bond donors (Lipinski definition) is 1. The molecule has 1 saturated carbocycles. The van der Waals surface area contributed by atoms with E-state index in [1.165, 1.54) is 19.3 Å². The molecule has 2 bridgehead atoms. The van der Waals surface area contributed by atoms with Gasteiger partial charge in [0.15, 0.2) is 0 Å². The molecule has 1 N–H and O–H groups in total. The highest BCUT2D eigenvalue weighted by Crippen LogP contribution is 2.39. The average molecular weight is 232 g/mol. The van der Waals surface area contributed by atoms with Gasteiger partial charge in [0.05, 0.1) is 11.3 Å². The van der Waals surface area contributed by atoms with Crippen LogP contribution in [0, 0.1) is 12.8 Å². The van der Waals surface area contributed by atoms with Crippen LogP contribution in [0.15, 0.2) is 12.1 Å². The number of aromatic carboxylic acids is 1. The number of nitrogens with zero attached hydrogens (tertiary/aromatic N) is 2. The Morgan fingerprint density at radius 1 is 1.47 bits per heavy atom. The van der Waals surface area contributed by atoms with Crippen molar-refractivity contribution in [3.63, 3.8) is 0 Å². The van der Waals surface area contributed by atoms with Gasteiger partial charge in [-0.2, -0.15) is 0 Å². The zero-order valence-corrected chi connectivity index (χ0v) is 9.89. The molecular weight excluding hydrogens is 216 g/mol. The van der Waals surface area contributed by atoms with Gasteiger partial charge in [-0.3, -0.25) is 0 Å². The minimum atomic E-state index is -0.899. The highest BCUT2D eigenvalue weighted by molar-refractivity contribution is 5.89. The van der Waals surface area contributed by atoms with Crippen LogP contribution in [0.3, 0.4) is 0 Å². The lowest BCUT2D eigenvalue weighted by molar-refractivity contribution is 0.0695. The number of carbonyl (C=O) groups is 1. The molecule has 1 aliphatic heterocycles. The van der Waals surface area contributed by atoms with E-state index in [4.69, 9.17) is 5.11 Å². The second kappa shape index (κ2) is 3.72. The van der Waals surface area contributed by atoms with Crippen LogP contribution < -0.4 is 4.90 Å². The lowest BCUT2D eigenvalue weighted by atomic mass is 10.1. The Labute approximate surface area is 100 Å². The molecule has 4 nitrogen and oxygen atoms in total. The maximum Gasteiger partial charge on any atom is 0.337 e. The molecule has 17 heavy (non-hydrogen) atoms. The summed E-state index contributed by atoms with van der Waals surface area (Å²) in [6, 6.07) is 4.14. The third-order valence-electron chi connectivity index (χ3n) is 4.01. The number of aromatic nitrogens is 1. The molecule has 1 aromatic heterocycles. The highest BCUT2D eigenvalue weighted by atomic mass is 16.4. The minimum absolute atomic E-state index is 0.304. The topological polar surface area (TPSA) is 53.4 Å². The van der Waals surface area contributed by atoms with Gasteiger partial charge in [-0.25, -0.2) is 9.78 Å². The van der Waals surface area contributed by atoms with Gasteiger partial charge in [0.1, 0.15) is 5.82 Å². The number of carboxylic acids is 1. The van der Waals surface area contributed by atoms with Crippen LogP contribution in [0.25, 0.3) is 0 Å². The summed E-state index contributed by atoms with van der Waals surface area (Å²) in [5.74, 6) is 0.866. The normalized spacial score (nSPS) is 26.5. The summed E-state index contributed by atoms with van der Waals surface area (Å²) < 4.78 is 0. The maximum atomic E-state index is 10.9. The Morgan fingerprint density at radius 2 is 2.29 bits per heavy atom. The van der Waals surface area contributed by atoms with Crippen LogP contribution in [-0.4, -0.2) is 28.6 Å². The first-order valence-electron chi connectivity index (χ1n) is 6.12. The van der Waals surface area contributed by atoms with Crippen molar-refractivity contribution < 1.29 is 9.90 Å². The number of fused-ring (bicyclic) bond motifs is 2. The van der Waals surface area contributed by atoms with Crippen LogP contribution in [0.1, 0.15) is 35.3 Å². The highest BCUT2D eigenvalue weighted by Gasteiger charge is 2.38. The summed E-state index contributed by atoms with van der Waals surface area (Å²) in [5, 5.41) is 8.97. The third-order valence-corrected chi connectivity index (χ3v) is 4.01. The molecule has 0 spiro atoms. The number of carboxylic acid groups (broad SMARTS) is 1.